The molecule has 0 atom stereocenters. The molecule has 164 valence electrons. The highest BCUT2D eigenvalue weighted by atomic mass is 35.5. The fraction of sp³-hybridized carbons (Fsp3) is 0.391. The maximum atomic E-state index is 14.2. The monoisotopic (exact) mass is 445 g/mol. The van der Waals surface area contributed by atoms with Gasteiger partial charge in [-0.05, 0) is 36.7 Å². The zero-order chi connectivity index (χ0) is 21.8. The van der Waals surface area contributed by atoms with E-state index in [1.807, 2.05) is 6.07 Å². The molecule has 0 saturated carbocycles. The predicted octanol–water partition coefficient (Wildman–Crippen LogP) is 3.09. The number of carbonyl (C=O) groups excluding carboxylic acids is 2. The summed E-state index contributed by atoms with van der Waals surface area (Å²) in [5, 5.41) is 3.20. The molecule has 2 amide bonds. The Hall–Kier alpha value is -2.48. The first-order valence-electron chi connectivity index (χ1n) is 10.5. The van der Waals surface area contributed by atoms with Gasteiger partial charge in [-0.1, -0.05) is 29.8 Å². The van der Waals surface area contributed by atoms with Crippen LogP contribution in [0.4, 0.5) is 4.39 Å². The Bertz CT molecular complexity index is 958. The Kier molecular flexibility index (Phi) is 6.85. The van der Waals surface area contributed by atoms with Crippen molar-refractivity contribution < 1.29 is 18.7 Å². The van der Waals surface area contributed by atoms with Crippen molar-refractivity contribution in [2.75, 3.05) is 39.4 Å². The van der Waals surface area contributed by atoms with Gasteiger partial charge in [0.2, 0.25) is 0 Å². The smallest absolute Gasteiger partial charge is 0.255 e. The average molecular weight is 446 g/mol. The molecule has 2 aliphatic heterocycles. The number of ether oxygens (including phenoxy) is 1. The van der Waals surface area contributed by atoms with E-state index >= 15 is 0 Å². The molecule has 0 spiro atoms. The summed E-state index contributed by atoms with van der Waals surface area (Å²) >= 11 is 6.12. The highest BCUT2D eigenvalue weighted by Crippen LogP contribution is 2.29. The van der Waals surface area contributed by atoms with Gasteiger partial charge in [0.15, 0.2) is 0 Å². The third kappa shape index (κ3) is 4.89. The molecule has 1 fully saturated rings. The molecule has 4 rings (SSSR count). The Morgan fingerprint density at radius 1 is 1.16 bits per heavy atom. The lowest BCUT2D eigenvalue weighted by Gasteiger charge is -2.26. The van der Waals surface area contributed by atoms with Gasteiger partial charge in [0, 0.05) is 36.8 Å². The number of hydrogen-bond acceptors (Lipinski definition) is 4. The molecule has 2 heterocycles. The predicted molar refractivity (Wildman–Crippen MR) is 116 cm³/mol. The van der Waals surface area contributed by atoms with Crippen LogP contribution in [0.5, 0.6) is 0 Å². The number of hydrogen-bond donors (Lipinski definition) is 1. The summed E-state index contributed by atoms with van der Waals surface area (Å²) in [6.07, 6.45) is 0.826. The van der Waals surface area contributed by atoms with Crippen molar-refractivity contribution in [3.05, 3.63) is 69.5 Å². The molecule has 0 aromatic heterocycles. The molecule has 6 nitrogen and oxygen atoms in total. The number of morpholine rings is 1. The maximum Gasteiger partial charge on any atom is 0.255 e. The summed E-state index contributed by atoms with van der Waals surface area (Å²) in [4.78, 5) is 29.7. The summed E-state index contributed by atoms with van der Waals surface area (Å²) in [6.45, 7) is 5.12. The van der Waals surface area contributed by atoms with Crippen LogP contribution in [0.2, 0.25) is 5.02 Å². The number of nitrogens with one attached hydrogen (secondary N) is 1. The van der Waals surface area contributed by atoms with E-state index in [-0.39, 0.29) is 28.9 Å². The normalized spacial score (nSPS) is 16.5. The zero-order valence-electron chi connectivity index (χ0n) is 17.2. The Balaban J connectivity index is 1.39. The first-order valence-corrected chi connectivity index (χ1v) is 10.8. The number of rotatable bonds is 7. The van der Waals surface area contributed by atoms with E-state index in [2.05, 4.69) is 10.2 Å². The van der Waals surface area contributed by atoms with E-state index in [0.29, 0.717) is 24.2 Å². The van der Waals surface area contributed by atoms with Gasteiger partial charge >= 0.3 is 0 Å². The molecule has 2 aliphatic rings. The lowest BCUT2D eigenvalue weighted by molar-refractivity contribution is 0.0374. The average Bonchev–Trinajstić information content (AvgIpc) is 3.10. The molecule has 31 heavy (non-hydrogen) atoms. The van der Waals surface area contributed by atoms with Crippen molar-refractivity contribution in [3.8, 4) is 0 Å². The van der Waals surface area contributed by atoms with E-state index in [4.69, 9.17) is 16.3 Å². The first-order chi connectivity index (χ1) is 15.0. The first kappa shape index (κ1) is 21.7. The minimum Gasteiger partial charge on any atom is -0.379 e. The summed E-state index contributed by atoms with van der Waals surface area (Å²) in [5.41, 5.74) is 1.79. The van der Waals surface area contributed by atoms with Crippen LogP contribution in [-0.2, 0) is 17.8 Å². The van der Waals surface area contributed by atoms with Crippen LogP contribution in [0.1, 0.15) is 38.3 Å². The van der Waals surface area contributed by atoms with E-state index in [1.54, 1.807) is 18.2 Å². The fourth-order valence-electron chi connectivity index (χ4n) is 4.04. The molecule has 0 unspecified atom stereocenters. The Labute approximate surface area is 185 Å². The highest BCUT2D eigenvalue weighted by molar-refractivity contribution is 6.31. The molecule has 8 heteroatoms. The fourth-order valence-corrected chi connectivity index (χ4v) is 4.26. The van der Waals surface area contributed by atoms with Crippen LogP contribution in [-0.4, -0.2) is 61.0 Å². The third-order valence-electron chi connectivity index (χ3n) is 5.71. The number of fused-ring (bicyclic) bond motifs is 1. The van der Waals surface area contributed by atoms with Crippen molar-refractivity contribution in [3.63, 3.8) is 0 Å². The zero-order valence-corrected chi connectivity index (χ0v) is 18.0. The molecular formula is C23H25ClFN3O3. The van der Waals surface area contributed by atoms with Crippen LogP contribution in [0.15, 0.2) is 36.4 Å². The molecule has 0 aliphatic carbocycles. The number of halogens is 2. The molecule has 0 radical (unpaired) electrons. The van der Waals surface area contributed by atoms with Gasteiger partial charge in [-0.15, -0.1) is 0 Å². The van der Waals surface area contributed by atoms with E-state index in [1.165, 1.54) is 17.0 Å². The third-order valence-corrected chi connectivity index (χ3v) is 6.06. The van der Waals surface area contributed by atoms with Crippen LogP contribution < -0.4 is 5.32 Å². The van der Waals surface area contributed by atoms with Gasteiger partial charge < -0.3 is 15.0 Å². The molecule has 1 N–H and O–H groups in total. The minimum atomic E-state index is -0.450. The molecule has 0 bridgehead atoms. The van der Waals surface area contributed by atoms with Crippen molar-refractivity contribution in [2.45, 2.75) is 19.5 Å². The number of benzene rings is 2. The van der Waals surface area contributed by atoms with Crippen LogP contribution in [0.3, 0.4) is 0 Å². The van der Waals surface area contributed by atoms with Crippen molar-refractivity contribution in [1.29, 1.82) is 0 Å². The lowest BCUT2D eigenvalue weighted by Crippen LogP contribution is -2.38. The van der Waals surface area contributed by atoms with Gasteiger partial charge in [-0.2, -0.15) is 0 Å². The second kappa shape index (κ2) is 9.77. The van der Waals surface area contributed by atoms with Crippen LogP contribution >= 0.6 is 11.6 Å². The second-order valence-electron chi connectivity index (χ2n) is 7.76. The minimum absolute atomic E-state index is 0.0552. The van der Waals surface area contributed by atoms with Gasteiger partial charge in [-0.3, -0.25) is 14.5 Å². The topological polar surface area (TPSA) is 61.9 Å². The van der Waals surface area contributed by atoms with Gasteiger partial charge in [-0.25, -0.2) is 4.39 Å². The Morgan fingerprint density at radius 3 is 2.71 bits per heavy atom. The van der Waals surface area contributed by atoms with E-state index in [0.717, 1.165) is 44.8 Å². The van der Waals surface area contributed by atoms with Crippen molar-refractivity contribution in [2.24, 2.45) is 0 Å². The summed E-state index contributed by atoms with van der Waals surface area (Å²) < 4.78 is 19.5. The maximum absolute atomic E-state index is 14.2. The van der Waals surface area contributed by atoms with Gasteiger partial charge in [0.05, 0.1) is 30.9 Å². The number of carbonyl (C=O) groups is 2. The summed E-state index contributed by atoms with van der Waals surface area (Å²) in [5.74, 6) is -0.999. The van der Waals surface area contributed by atoms with Crippen molar-refractivity contribution >= 4 is 23.4 Å². The van der Waals surface area contributed by atoms with E-state index < -0.39 is 5.82 Å². The quantitative estimate of drug-likeness (QED) is 0.665. The second-order valence-corrected chi connectivity index (χ2v) is 8.17. The highest BCUT2D eigenvalue weighted by Gasteiger charge is 2.32. The lowest BCUT2D eigenvalue weighted by atomic mass is 10.0. The summed E-state index contributed by atoms with van der Waals surface area (Å²) in [7, 11) is 0. The number of amides is 2. The molecule has 2 aromatic rings. The van der Waals surface area contributed by atoms with E-state index in [9.17, 15) is 14.0 Å². The molecule has 1 saturated heterocycles. The summed E-state index contributed by atoms with van der Waals surface area (Å²) in [6, 6.07) is 9.71. The molecular weight excluding hydrogens is 421 g/mol. The van der Waals surface area contributed by atoms with Crippen molar-refractivity contribution in [1.82, 2.24) is 15.1 Å². The Morgan fingerprint density at radius 2 is 1.94 bits per heavy atom. The molecule has 2 aromatic carbocycles. The standard InChI is InChI=1S/C23H25ClFN3O3/c24-19-6-2-7-20(25)18(19)15-28-14-16-4-1-5-17(21(16)23(28)30)22(29)26-8-3-9-27-10-12-31-13-11-27/h1-2,4-7H,3,8-15H2,(H,26,29). The van der Waals surface area contributed by atoms with Crippen LogP contribution in [0, 0.1) is 5.82 Å². The van der Waals surface area contributed by atoms with Gasteiger partial charge in [0.25, 0.3) is 11.8 Å². The largest absolute Gasteiger partial charge is 0.379 e. The van der Waals surface area contributed by atoms with Crippen LogP contribution in [0.25, 0.3) is 0 Å². The van der Waals surface area contributed by atoms with Gasteiger partial charge in [0.1, 0.15) is 5.82 Å². The SMILES string of the molecule is O=C(NCCCN1CCOCC1)c1cccc2c1C(=O)N(Cc1c(F)cccc1Cl)C2. The number of nitrogens with zero attached hydrogens (tertiary/aromatic N) is 2.